The van der Waals surface area contributed by atoms with Gasteiger partial charge in [0, 0.05) is 5.56 Å². The van der Waals surface area contributed by atoms with Gasteiger partial charge in [-0.1, -0.05) is 30.3 Å². The van der Waals surface area contributed by atoms with Crippen LogP contribution in [0.5, 0.6) is 11.5 Å². The zero-order chi connectivity index (χ0) is 17.8. The van der Waals surface area contributed by atoms with Gasteiger partial charge in [0.1, 0.15) is 0 Å². The van der Waals surface area contributed by atoms with Crippen LogP contribution in [0.25, 0.3) is 0 Å². The van der Waals surface area contributed by atoms with Gasteiger partial charge in [-0.15, -0.1) is 0 Å². The SMILES string of the molecule is O=C(N1C[C@@H]2Oc3c(F)ccc(F)c3O[C@@H]2C1)N1OC1c1ccccc1. The van der Waals surface area contributed by atoms with Crippen LogP contribution in [0.15, 0.2) is 42.5 Å². The normalized spacial score (nSPS) is 25.8. The summed E-state index contributed by atoms with van der Waals surface area (Å²) in [5.74, 6) is -1.87. The molecular weight excluding hydrogens is 346 g/mol. The van der Waals surface area contributed by atoms with Crippen LogP contribution in [0.4, 0.5) is 13.6 Å². The first kappa shape index (κ1) is 15.4. The molecule has 3 heterocycles. The van der Waals surface area contributed by atoms with Gasteiger partial charge < -0.3 is 14.4 Å². The van der Waals surface area contributed by atoms with E-state index in [4.69, 9.17) is 14.3 Å². The van der Waals surface area contributed by atoms with E-state index < -0.39 is 30.1 Å². The van der Waals surface area contributed by atoms with E-state index in [-0.39, 0.29) is 30.6 Å². The summed E-state index contributed by atoms with van der Waals surface area (Å²) in [5, 5.41) is 1.26. The minimum Gasteiger partial charge on any atom is -0.478 e. The van der Waals surface area contributed by atoms with Crippen LogP contribution in [0.2, 0.25) is 0 Å². The molecule has 3 atom stereocenters. The average molecular weight is 360 g/mol. The predicted molar refractivity (Wildman–Crippen MR) is 84.3 cm³/mol. The van der Waals surface area contributed by atoms with Crippen molar-refractivity contribution in [3.63, 3.8) is 0 Å². The Balaban J connectivity index is 1.30. The molecule has 2 amide bonds. The number of nitrogens with zero attached hydrogens (tertiary/aromatic N) is 2. The Morgan fingerprint density at radius 2 is 1.50 bits per heavy atom. The summed E-state index contributed by atoms with van der Waals surface area (Å²) >= 11 is 0. The Kier molecular flexibility index (Phi) is 3.30. The van der Waals surface area contributed by atoms with E-state index >= 15 is 0 Å². The van der Waals surface area contributed by atoms with Crippen molar-refractivity contribution in [3.8, 4) is 11.5 Å². The van der Waals surface area contributed by atoms with Gasteiger partial charge in [-0.25, -0.2) is 18.4 Å². The van der Waals surface area contributed by atoms with E-state index in [1.807, 2.05) is 30.3 Å². The third-order valence-electron chi connectivity index (χ3n) is 4.69. The number of amides is 2. The van der Waals surface area contributed by atoms with Crippen molar-refractivity contribution in [2.45, 2.75) is 18.4 Å². The van der Waals surface area contributed by atoms with Crippen LogP contribution >= 0.6 is 0 Å². The van der Waals surface area contributed by atoms with E-state index in [0.717, 1.165) is 17.7 Å². The number of fused-ring (bicyclic) bond motifs is 2. The highest BCUT2D eigenvalue weighted by atomic mass is 19.1. The molecule has 2 saturated heterocycles. The first-order chi connectivity index (χ1) is 12.6. The monoisotopic (exact) mass is 360 g/mol. The third-order valence-corrected chi connectivity index (χ3v) is 4.69. The molecule has 2 aromatic rings. The minimum atomic E-state index is -0.692. The van der Waals surface area contributed by atoms with Crippen molar-refractivity contribution < 1.29 is 27.9 Å². The fraction of sp³-hybridized carbons (Fsp3) is 0.278. The number of ether oxygens (including phenoxy) is 2. The molecule has 8 heteroatoms. The first-order valence-corrected chi connectivity index (χ1v) is 8.23. The Morgan fingerprint density at radius 3 is 2.08 bits per heavy atom. The van der Waals surface area contributed by atoms with E-state index in [0.29, 0.717) is 0 Å². The minimum absolute atomic E-state index is 0.209. The second-order valence-electron chi connectivity index (χ2n) is 6.38. The van der Waals surface area contributed by atoms with Crippen LogP contribution in [-0.2, 0) is 4.84 Å². The summed E-state index contributed by atoms with van der Waals surface area (Å²) in [5.41, 5.74) is 0.876. The summed E-state index contributed by atoms with van der Waals surface area (Å²) < 4.78 is 38.9. The molecule has 3 aliphatic rings. The van der Waals surface area contributed by atoms with Gasteiger partial charge in [0.2, 0.25) is 17.7 Å². The molecule has 5 rings (SSSR count). The van der Waals surface area contributed by atoms with Crippen molar-refractivity contribution in [2.24, 2.45) is 0 Å². The highest BCUT2D eigenvalue weighted by Crippen LogP contribution is 2.42. The molecule has 2 fully saturated rings. The first-order valence-electron chi connectivity index (χ1n) is 8.23. The summed E-state index contributed by atoms with van der Waals surface area (Å²) in [6.07, 6.45) is -1.53. The lowest BCUT2D eigenvalue weighted by Crippen LogP contribution is -2.39. The molecule has 26 heavy (non-hydrogen) atoms. The standard InChI is InChI=1S/C18H14F2N2O4/c19-11-6-7-12(20)16-15(11)24-13-8-21(9-14(13)25-16)18(23)22-17(26-22)10-4-2-1-3-5-10/h1-7,13-14,17H,8-9H2/t13-,14+,17?,22?. The number of hydrogen-bond acceptors (Lipinski definition) is 4. The number of rotatable bonds is 1. The number of carbonyl (C=O) groups excluding carboxylic acids is 1. The van der Waals surface area contributed by atoms with E-state index in [9.17, 15) is 13.6 Å². The van der Waals surface area contributed by atoms with Crippen molar-refractivity contribution in [1.82, 2.24) is 9.96 Å². The van der Waals surface area contributed by atoms with E-state index in [1.54, 1.807) is 0 Å². The van der Waals surface area contributed by atoms with Crippen LogP contribution in [0.3, 0.4) is 0 Å². The summed E-state index contributed by atoms with van der Waals surface area (Å²) in [4.78, 5) is 19.5. The molecule has 0 aliphatic carbocycles. The van der Waals surface area contributed by atoms with Crippen molar-refractivity contribution in [1.29, 1.82) is 0 Å². The zero-order valence-electron chi connectivity index (χ0n) is 13.5. The third kappa shape index (κ3) is 2.37. The highest BCUT2D eigenvalue weighted by Gasteiger charge is 2.50. The molecule has 2 aromatic carbocycles. The molecule has 0 N–H and O–H groups in total. The molecule has 0 saturated carbocycles. The summed E-state index contributed by atoms with van der Waals surface area (Å²) in [6, 6.07) is 11.0. The Labute approximate surface area is 147 Å². The number of hydrogen-bond donors (Lipinski definition) is 0. The van der Waals surface area contributed by atoms with Gasteiger partial charge in [-0.3, -0.25) is 0 Å². The van der Waals surface area contributed by atoms with E-state index in [2.05, 4.69) is 0 Å². The number of carbonyl (C=O) groups is 1. The molecule has 0 aromatic heterocycles. The smallest absolute Gasteiger partial charge is 0.347 e. The molecule has 0 spiro atoms. The molecule has 1 unspecified atom stereocenters. The summed E-state index contributed by atoms with van der Waals surface area (Å²) in [6.45, 7) is 0.417. The Hall–Kier alpha value is -2.87. The quantitative estimate of drug-likeness (QED) is 0.734. The lowest BCUT2D eigenvalue weighted by atomic mass is 10.2. The van der Waals surface area contributed by atoms with Gasteiger partial charge in [0.25, 0.3) is 0 Å². The largest absolute Gasteiger partial charge is 0.478 e. The van der Waals surface area contributed by atoms with E-state index in [1.165, 1.54) is 9.96 Å². The Bertz CT molecular complexity index is 840. The molecule has 0 bridgehead atoms. The maximum Gasteiger partial charge on any atom is 0.347 e. The number of benzene rings is 2. The second kappa shape index (κ2) is 5.57. The van der Waals surface area contributed by atoms with Crippen molar-refractivity contribution in [3.05, 3.63) is 59.7 Å². The predicted octanol–water partition coefficient (Wildman–Crippen LogP) is 2.85. The second-order valence-corrected chi connectivity index (χ2v) is 6.38. The number of urea groups is 1. The lowest BCUT2D eigenvalue weighted by molar-refractivity contribution is 0.0467. The highest BCUT2D eigenvalue weighted by molar-refractivity contribution is 5.75. The fourth-order valence-corrected chi connectivity index (χ4v) is 3.34. The molecule has 3 aliphatic heterocycles. The van der Waals surface area contributed by atoms with Crippen molar-refractivity contribution >= 4 is 6.03 Å². The van der Waals surface area contributed by atoms with Gasteiger partial charge in [-0.2, -0.15) is 5.06 Å². The number of hydroxylamine groups is 2. The average Bonchev–Trinajstić information content (AvgIpc) is 3.35. The van der Waals surface area contributed by atoms with Crippen LogP contribution < -0.4 is 9.47 Å². The summed E-state index contributed by atoms with van der Waals surface area (Å²) in [7, 11) is 0. The lowest BCUT2D eigenvalue weighted by Gasteiger charge is -2.28. The van der Waals surface area contributed by atoms with Gasteiger partial charge in [0.15, 0.2) is 23.8 Å². The molecule has 134 valence electrons. The topological polar surface area (TPSA) is 54.3 Å². The maximum absolute atomic E-state index is 13.9. The fourth-order valence-electron chi connectivity index (χ4n) is 3.34. The number of halogens is 2. The van der Waals surface area contributed by atoms with Crippen LogP contribution in [0.1, 0.15) is 11.8 Å². The van der Waals surface area contributed by atoms with Gasteiger partial charge in [0.05, 0.1) is 13.1 Å². The maximum atomic E-state index is 13.9. The van der Waals surface area contributed by atoms with Crippen LogP contribution in [0, 0.1) is 11.6 Å². The van der Waals surface area contributed by atoms with Gasteiger partial charge >= 0.3 is 6.03 Å². The number of likely N-dealkylation sites (tertiary alicyclic amines) is 1. The zero-order valence-corrected chi connectivity index (χ0v) is 13.5. The van der Waals surface area contributed by atoms with Crippen LogP contribution in [-0.4, -0.2) is 41.3 Å². The Morgan fingerprint density at radius 1 is 0.923 bits per heavy atom. The van der Waals surface area contributed by atoms with Crippen molar-refractivity contribution in [2.75, 3.05) is 13.1 Å². The molecule has 6 nitrogen and oxygen atoms in total. The molecule has 0 radical (unpaired) electrons. The molecular formula is C18H14F2N2O4. The van der Waals surface area contributed by atoms with Gasteiger partial charge in [-0.05, 0) is 12.1 Å².